The number of hydrogen-bond acceptors (Lipinski definition) is 4. The van der Waals surface area contributed by atoms with Crippen LogP contribution in [0.1, 0.15) is 21.5 Å². The van der Waals surface area contributed by atoms with Gasteiger partial charge in [0.25, 0.3) is 4.27 Å². The summed E-state index contributed by atoms with van der Waals surface area (Å²) in [5.74, 6) is 0.677. The Hall–Kier alpha value is -2.95. The molecule has 0 spiro atoms. The third kappa shape index (κ3) is 4.47. The van der Waals surface area contributed by atoms with Gasteiger partial charge in [-0.15, -0.1) is 0 Å². The number of allylic oxidation sites excluding steroid dienone is 1. The van der Waals surface area contributed by atoms with Gasteiger partial charge in [0, 0.05) is 22.6 Å². The van der Waals surface area contributed by atoms with Crippen LogP contribution in [-0.2, 0) is 16.9 Å². The molecule has 1 aliphatic rings. The molecule has 4 aromatic carbocycles. The van der Waals surface area contributed by atoms with Crippen LogP contribution < -0.4 is 0 Å². The van der Waals surface area contributed by atoms with Crippen molar-refractivity contribution >= 4 is 40.1 Å². The third-order valence-corrected chi connectivity index (χ3v) is 8.18. The molecule has 0 N–H and O–H groups in total. The molecule has 0 amide bonds. The first kappa shape index (κ1) is 20.9. The number of rotatable bonds is 7. The molecule has 1 atom stereocenters. The second-order valence-electron chi connectivity index (χ2n) is 7.69. The lowest BCUT2D eigenvalue weighted by atomic mass is 10.1. The molecule has 2 nitrogen and oxygen atoms in total. The van der Waals surface area contributed by atoms with Crippen LogP contribution in [0, 0.1) is 0 Å². The van der Waals surface area contributed by atoms with E-state index in [0.29, 0.717) is 11.3 Å². The molecule has 0 radical (unpaired) electrons. The zero-order valence-electron chi connectivity index (χ0n) is 17.4. The Morgan fingerprint density at radius 2 is 1.47 bits per heavy atom. The Bertz CT molecular complexity index is 1270. The number of Topliss-reactive ketones (excluding diaryl/α,β-unsaturated/α-hetero) is 1. The summed E-state index contributed by atoms with van der Waals surface area (Å²) in [5.41, 5.74) is 3.05. The first-order valence-electron chi connectivity index (χ1n) is 10.5. The minimum absolute atomic E-state index is 0.00630. The minimum atomic E-state index is -1.02. The molecule has 32 heavy (non-hydrogen) atoms. The molecular formula is C28H22O2S2. The molecule has 0 aliphatic carbocycles. The smallest absolute Gasteiger partial charge is 0.268 e. The van der Waals surface area contributed by atoms with E-state index < -0.39 is 4.27 Å². The summed E-state index contributed by atoms with van der Waals surface area (Å²) < 4.78 is 5.15. The standard InChI is InChI=1S/C28H22O2S2/c29-27(24-12-5-2-6-13-24)28(30-19-26(32-28)18-21-9-3-1-4-10-21)31-20-22-15-16-23-11-7-8-14-25(23)17-22/h1-17,19H,18,20H2. The van der Waals surface area contributed by atoms with Gasteiger partial charge in [0.1, 0.15) is 0 Å². The molecule has 0 saturated heterocycles. The van der Waals surface area contributed by atoms with Crippen LogP contribution in [0.15, 0.2) is 114 Å². The van der Waals surface area contributed by atoms with E-state index in [0.717, 1.165) is 11.3 Å². The lowest BCUT2D eigenvalue weighted by Crippen LogP contribution is -2.31. The van der Waals surface area contributed by atoms with Crippen molar-refractivity contribution in [2.45, 2.75) is 16.4 Å². The number of carbonyl (C=O) groups excluding carboxylic acids is 1. The van der Waals surface area contributed by atoms with Crippen LogP contribution in [0.2, 0.25) is 0 Å². The van der Waals surface area contributed by atoms with E-state index in [1.54, 1.807) is 18.0 Å². The molecule has 5 rings (SSSR count). The van der Waals surface area contributed by atoms with Crippen molar-refractivity contribution in [2.24, 2.45) is 0 Å². The van der Waals surface area contributed by atoms with Crippen molar-refractivity contribution in [3.63, 3.8) is 0 Å². The van der Waals surface area contributed by atoms with Gasteiger partial charge in [0.2, 0.25) is 5.78 Å². The maximum atomic E-state index is 13.6. The summed E-state index contributed by atoms with van der Waals surface area (Å²) in [6, 6.07) is 34.5. The van der Waals surface area contributed by atoms with Crippen LogP contribution >= 0.6 is 23.5 Å². The lowest BCUT2D eigenvalue weighted by molar-refractivity contribution is 0.0809. The number of ketones is 1. The van der Waals surface area contributed by atoms with Gasteiger partial charge in [0.05, 0.1) is 6.26 Å². The molecule has 4 aromatic rings. The molecular weight excluding hydrogens is 432 g/mol. The highest BCUT2D eigenvalue weighted by Crippen LogP contribution is 2.51. The van der Waals surface area contributed by atoms with E-state index in [1.165, 1.54) is 33.7 Å². The van der Waals surface area contributed by atoms with E-state index in [2.05, 4.69) is 48.5 Å². The number of ether oxygens (including phenoxy) is 1. The third-order valence-electron chi connectivity index (χ3n) is 5.39. The SMILES string of the molecule is O=C(c1ccccc1)C1(SCc2ccc3ccccc3c2)OC=C(Cc2ccccc2)S1. The predicted molar refractivity (Wildman–Crippen MR) is 136 cm³/mol. The van der Waals surface area contributed by atoms with Crippen molar-refractivity contribution in [1.29, 1.82) is 0 Å². The number of thioether (sulfide) groups is 2. The second kappa shape index (κ2) is 9.27. The van der Waals surface area contributed by atoms with Gasteiger partial charge in [-0.05, 0) is 21.9 Å². The summed E-state index contributed by atoms with van der Waals surface area (Å²) in [4.78, 5) is 14.7. The van der Waals surface area contributed by atoms with Crippen LogP contribution in [0.25, 0.3) is 10.8 Å². The van der Waals surface area contributed by atoms with Crippen LogP contribution in [0.4, 0.5) is 0 Å². The number of carbonyl (C=O) groups is 1. The largest absolute Gasteiger partial charge is 0.466 e. The maximum Gasteiger partial charge on any atom is 0.268 e. The lowest BCUT2D eigenvalue weighted by Gasteiger charge is -2.26. The van der Waals surface area contributed by atoms with Crippen molar-refractivity contribution in [1.82, 2.24) is 0 Å². The molecule has 0 aromatic heterocycles. The normalized spacial score (nSPS) is 17.7. The number of benzene rings is 4. The monoisotopic (exact) mass is 454 g/mol. The summed E-state index contributed by atoms with van der Waals surface area (Å²) >= 11 is 3.08. The van der Waals surface area contributed by atoms with E-state index in [4.69, 9.17) is 4.74 Å². The summed E-state index contributed by atoms with van der Waals surface area (Å²) in [6.45, 7) is 0. The predicted octanol–water partition coefficient (Wildman–Crippen LogP) is 7.46. The Balaban J connectivity index is 1.39. The Morgan fingerprint density at radius 3 is 2.25 bits per heavy atom. The van der Waals surface area contributed by atoms with Gasteiger partial charge in [-0.2, -0.15) is 0 Å². The molecule has 0 fully saturated rings. The Labute approximate surface area is 196 Å². The van der Waals surface area contributed by atoms with Crippen LogP contribution in [0.5, 0.6) is 0 Å². The van der Waals surface area contributed by atoms with Gasteiger partial charge < -0.3 is 4.74 Å². The van der Waals surface area contributed by atoms with Crippen LogP contribution in [-0.4, -0.2) is 10.0 Å². The fraction of sp³-hybridized carbons (Fsp3) is 0.107. The van der Waals surface area contributed by atoms with Gasteiger partial charge in [-0.1, -0.05) is 127 Å². The molecule has 0 bridgehead atoms. The number of fused-ring (bicyclic) bond motifs is 1. The van der Waals surface area contributed by atoms with Crippen molar-refractivity contribution < 1.29 is 9.53 Å². The molecule has 1 heterocycles. The molecule has 4 heteroatoms. The van der Waals surface area contributed by atoms with Gasteiger partial charge in [-0.3, -0.25) is 4.79 Å². The van der Waals surface area contributed by atoms with E-state index >= 15 is 0 Å². The van der Waals surface area contributed by atoms with E-state index in [9.17, 15) is 4.79 Å². The molecule has 0 saturated carbocycles. The highest BCUT2D eigenvalue weighted by Gasteiger charge is 2.46. The summed E-state index contributed by atoms with van der Waals surface area (Å²) in [7, 11) is 0. The quantitative estimate of drug-likeness (QED) is 0.271. The second-order valence-corrected chi connectivity index (χ2v) is 10.4. The first-order chi connectivity index (χ1) is 15.7. The minimum Gasteiger partial charge on any atom is -0.466 e. The van der Waals surface area contributed by atoms with E-state index in [1.807, 2.05) is 54.6 Å². The maximum absolute atomic E-state index is 13.6. The highest BCUT2D eigenvalue weighted by atomic mass is 32.2. The van der Waals surface area contributed by atoms with Crippen molar-refractivity contribution in [3.8, 4) is 0 Å². The molecule has 1 aliphatic heterocycles. The van der Waals surface area contributed by atoms with Gasteiger partial charge >= 0.3 is 0 Å². The Morgan fingerprint density at radius 1 is 0.781 bits per heavy atom. The fourth-order valence-corrected chi connectivity index (χ4v) is 6.36. The zero-order valence-corrected chi connectivity index (χ0v) is 19.1. The Kier molecular flexibility index (Phi) is 6.06. The average Bonchev–Trinajstić information content (AvgIpc) is 3.27. The summed E-state index contributed by atoms with van der Waals surface area (Å²) in [5, 5.41) is 2.42. The van der Waals surface area contributed by atoms with Crippen molar-refractivity contribution in [3.05, 3.63) is 131 Å². The first-order valence-corrected chi connectivity index (χ1v) is 12.3. The van der Waals surface area contributed by atoms with Crippen LogP contribution in [0.3, 0.4) is 0 Å². The average molecular weight is 455 g/mol. The van der Waals surface area contributed by atoms with Crippen molar-refractivity contribution in [2.75, 3.05) is 0 Å². The van der Waals surface area contributed by atoms with Gasteiger partial charge in [0.15, 0.2) is 0 Å². The molecule has 1 unspecified atom stereocenters. The molecule has 158 valence electrons. The fourth-order valence-electron chi connectivity index (χ4n) is 3.74. The zero-order chi connectivity index (χ0) is 21.8. The highest BCUT2D eigenvalue weighted by molar-refractivity contribution is 8.20. The summed E-state index contributed by atoms with van der Waals surface area (Å²) in [6.07, 6.45) is 2.53. The van der Waals surface area contributed by atoms with Gasteiger partial charge in [-0.25, -0.2) is 0 Å². The van der Waals surface area contributed by atoms with E-state index in [-0.39, 0.29) is 5.78 Å². The number of hydrogen-bond donors (Lipinski definition) is 0. The topological polar surface area (TPSA) is 26.3 Å².